The number of carbonyl (C=O) groups excluding carboxylic acids is 3. The van der Waals surface area contributed by atoms with E-state index in [0.29, 0.717) is 43.4 Å². The van der Waals surface area contributed by atoms with E-state index < -0.39 is 5.41 Å². The summed E-state index contributed by atoms with van der Waals surface area (Å²) in [6.45, 7) is 9.22. The minimum Gasteiger partial charge on any atom is -0.497 e. The van der Waals surface area contributed by atoms with E-state index in [9.17, 15) is 18.8 Å². The first-order chi connectivity index (χ1) is 20.0. The fraction of sp³-hybridized carbons (Fsp3) is 0.419. The number of methoxy groups -OCH3 is 1. The smallest absolute Gasteiger partial charge is 0.242 e. The topological polar surface area (TPSA) is 88.0 Å². The zero-order valence-electron chi connectivity index (χ0n) is 24.6. The molecular weight excluding hydrogens is 557 g/mol. The molecule has 42 heavy (non-hydrogen) atoms. The molecule has 0 spiro atoms. The quantitative estimate of drug-likeness (QED) is 0.441. The zero-order valence-corrected chi connectivity index (χ0v) is 25.4. The van der Waals surface area contributed by atoms with Crippen LogP contribution in [0, 0.1) is 5.82 Å². The summed E-state index contributed by atoms with van der Waals surface area (Å²) in [5.41, 5.74) is 2.54. The maximum absolute atomic E-state index is 14.5. The van der Waals surface area contributed by atoms with Gasteiger partial charge in [0.25, 0.3) is 0 Å². The van der Waals surface area contributed by atoms with Crippen molar-refractivity contribution in [2.75, 3.05) is 50.5 Å². The Bertz CT molecular complexity index is 1490. The van der Waals surface area contributed by atoms with E-state index in [4.69, 9.17) is 9.84 Å². The minimum atomic E-state index is -0.431. The monoisotopic (exact) mass is 593 g/mol. The molecule has 11 heteroatoms. The third-order valence-corrected chi connectivity index (χ3v) is 8.89. The van der Waals surface area contributed by atoms with Gasteiger partial charge in [-0.25, -0.2) is 9.07 Å². The molecule has 3 aromatic rings. The number of anilines is 1. The van der Waals surface area contributed by atoms with E-state index in [0.717, 1.165) is 16.8 Å². The average molecular weight is 594 g/mol. The second-order valence-corrected chi connectivity index (χ2v) is 12.7. The third-order valence-electron chi connectivity index (χ3n) is 7.64. The van der Waals surface area contributed by atoms with E-state index in [1.165, 1.54) is 35.7 Å². The number of amides is 3. The summed E-state index contributed by atoms with van der Waals surface area (Å²) in [5.74, 6) is 0.472. The van der Waals surface area contributed by atoms with Gasteiger partial charge in [-0.15, -0.1) is 11.8 Å². The van der Waals surface area contributed by atoms with Gasteiger partial charge in [0, 0.05) is 44.1 Å². The molecule has 1 fully saturated rings. The van der Waals surface area contributed by atoms with Gasteiger partial charge in [0.05, 0.1) is 29.5 Å². The second kappa shape index (κ2) is 11.8. The fourth-order valence-corrected chi connectivity index (χ4v) is 6.60. The van der Waals surface area contributed by atoms with Gasteiger partial charge in [-0.1, -0.05) is 32.9 Å². The Labute approximate surface area is 249 Å². The maximum atomic E-state index is 14.5. The number of rotatable bonds is 5. The molecule has 2 aromatic carbocycles. The SMILES string of the molecule is COc1ccc(-n2nc(C(C)(C)C)c3c2N(CC(=O)N2CCN(C(C)=O)CC2)C(=O)CS[C@@H]3c2cccc(F)c2)cc1. The van der Waals surface area contributed by atoms with E-state index in [2.05, 4.69) is 20.8 Å². The summed E-state index contributed by atoms with van der Waals surface area (Å²) < 4.78 is 21.6. The van der Waals surface area contributed by atoms with Crippen LogP contribution in [0.25, 0.3) is 5.69 Å². The largest absolute Gasteiger partial charge is 0.497 e. The van der Waals surface area contributed by atoms with Gasteiger partial charge < -0.3 is 14.5 Å². The van der Waals surface area contributed by atoms with Crippen molar-refractivity contribution in [2.24, 2.45) is 0 Å². The van der Waals surface area contributed by atoms with E-state index in [-0.39, 0.29) is 41.1 Å². The number of fused-ring (bicyclic) bond motifs is 1. The average Bonchev–Trinajstić information content (AvgIpc) is 3.30. The Kier molecular flexibility index (Phi) is 8.32. The van der Waals surface area contributed by atoms with Crippen molar-refractivity contribution < 1.29 is 23.5 Å². The first-order valence-corrected chi connectivity index (χ1v) is 15.0. The van der Waals surface area contributed by atoms with Crippen LogP contribution in [0.5, 0.6) is 5.75 Å². The van der Waals surface area contributed by atoms with Crippen LogP contribution in [0.15, 0.2) is 48.5 Å². The Morgan fingerprint density at radius 3 is 2.31 bits per heavy atom. The Hall–Kier alpha value is -3.86. The number of benzene rings is 2. The number of piperazine rings is 1. The molecule has 5 rings (SSSR count). The molecule has 3 amide bonds. The molecule has 1 saturated heterocycles. The molecule has 2 aliphatic rings. The maximum Gasteiger partial charge on any atom is 0.242 e. The highest BCUT2D eigenvalue weighted by Gasteiger charge is 2.40. The Morgan fingerprint density at radius 1 is 1.05 bits per heavy atom. The van der Waals surface area contributed by atoms with Crippen molar-refractivity contribution in [1.29, 1.82) is 0 Å². The van der Waals surface area contributed by atoms with Gasteiger partial charge in [0.2, 0.25) is 17.7 Å². The highest BCUT2D eigenvalue weighted by atomic mass is 32.2. The van der Waals surface area contributed by atoms with Crippen LogP contribution in [0.2, 0.25) is 0 Å². The molecule has 0 saturated carbocycles. The molecule has 0 bridgehead atoms. The zero-order chi connectivity index (χ0) is 30.2. The van der Waals surface area contributed by atoms with Crippen LogP contribution < -0.4 is 9.64 Å². The van der Waals surface area contributed by atoms with Crippen molar-refractivity contribution in [2.45, 2.75) is 38.4 Å². The summed E-state index contributed by atoms with van der Waals surface area (Å²) >= 11 is 1.41. The van der Waals surface area contributed by atoms with Gasteiger partial charge >= 0.3 is 0 Å². The van der Waals surface area contributed by atoms with Crippen LogP contribution in [0.1, 0.15) is 49.8 Å². The van der Waals surface area contributed by atoms with Crippen LogP contribution in [0.4, 0.5) is 10.2 Å². The summed E-state index contributed by atoms with van der Waals surface area (Å²) in [6, 6.07) is 13.8. The van der Waals surface area contributed by atoms with Gasteiger partial charge in [0.1, 0.15) is 23.9 Å². The number of carbonyl (C=O) groups is 3. The van der Waals surface area contributed by atoms with Gasteiger partial charge in [0.15, 0.2) is 0 Å². The van der Waals surface area contributed by atoms with Crippen molar-refractivity contribution >= 4 is 35.3 Å². The molecule has 9 nitrogen and oxygen atoms in total. The van der Waals surface area contributed by atoms with Crippen LogP contribution in [-0.4, -0.2) is 82.9 Å². The van der Waals surface area contributed by atoms with E-state index >= 15 is 0 Å². The molecule has 1 atom stereocenters. The lowest BCUT2D eigenvalue weighted by molar-refractivity contribution is -0.137. The number of halogens is 1. The number of nitrogens with zero attached hydrogens (tertiary/aromatic N) is 5. The number of thioether (sulfide) groups is 1. The molecule has 0 unspecified atom stereocenters. The summed E-state index contributed by atoms with van der Waals surface area (Å²) in [7, 11) is 1.59. The van der Waals surface area contributed by atoms with Crippen molar-refractivity contribution in [3.8, 4) is 11.4 Å². The molecule has 3 heterocycles. The number of hydrogen-bond donors (Lipinski definition) is 0. The molecule has 2 aliphatic heterocycles. The lowest BCUT2D eigenvalue weighted by Gasteiger charge is -2.35. The third kappa shape index (κ3) is 5.88. The van der Waals surface area contributed by atoms with E-state index in [1.807, 2.05) is 30.3 Å². The Morgan fingerprint density at radius 2 is 1.71 bits per heavy atom. The molecule has 0 radical (unpaired) electrons. The minimum absolute atomic E-state index is 0.0204. The summed E-state index contributed by atoms with van der Waals surface area (Å²) in [5, 5.41) is 4.68. The number of aromatic nitrogens is 2. The van der Waals surface area contributed by atoms with Gasteiger partial charge in [-0.05, 0) is 42.0 Å². The van der Waals surface area contributed by atoms with Crippen LogP contribution in [-0.2, 0) is 19.8 Å². The molecule has 1 aromatic heterocycles. The molecular formula is C31H36FN5O4S. The van der Waals surface area contributed by atoms with Crippen molar-refractivity contribution in [1.82, 2.24) is 19.6 Å². The number of ether oxygens (including phenoxy) is 1. The molecule has 222 valence electrons. The summed E-state index contributed by atoms with van der Waals surface area (Å²) in [4.78, 5) is 44.3. The second-order valence-electron chi connectivity index (χ2n) is 11.6. The van der Waals surface area contributed by atoms with Crippen molar-refractivity contribution in [3.63, 3.8) is 0 Å². The predicted molar refractivity (Wildman–Crippen MR) is 161 cm³/mol. The predicted octanol–water partition coefficient (Wildman–Crippen LogP) is 4.18. The first-order valence-electron chi connectivity index (χ1n) is 14.0. The van der Waals surface area contributed by atoms with Crippen LogP contribution >= 0.6 is 11.8 Å². The molecule has 0 N–H and O–H groups in total. The normalized spacial score (nSPS) is 17.6. The highest BCUT2D eigenvalue weighted by Crippen LogP contribution is 2.48. The molecule has 0 aliphatic carbocycles. The lowest BCUT2D eigenvalue weighted by Crippen LogP contribution is -2.53. The van der Waals surface area contributed by atoms with E-state index in [1.54, 1.807) is 27.7 Å². The fourth-order valence-electron chi connectivity index (χ4n) is 5.42. The van der Waals surface area contributed by atoms with Gasteiger partial charge in [-0.3, -0.25) is 19.3 Å². The van der Waals surface area contributed by atoms with Gasteiger partial charge in [-0.2, -0.15) is 5.10 Å². The van der Waals surface area contributed by atoms with Crippen LogP contribution in [0.3, 0.4) is 0 Å². The first kappa shape index (κ1) is 29.6. The van der Waals surface area contributed by atoms with Crippen molar-refractivity contribution in [3.05, 3.63) is 71.2 Å². The highest BCUT2D eigenvalue weighted by molar-refractivity contribution is 8.00. The lowest BCUT2D eigenvalue weighted by atomic mass is 9.87. The Balaban J connectivity index is 1.65. The standard InChI is InChI=1S/C31H36FN5O4S/c1-20(38)34-13-15-35(16-14-34)25(39)18-36-26(40)19-42-28(21-7-6-8-22(32)17-21)27-29(31(2,3)4)33-37(30(27)36)23-9-11-24(41-5)12-10-23/h6-12,17,28H,13-16,18-19H2,1-5H3/t28-/m1/s1. The number of hydrogen-bond acceptors (Lipinski definition) is 6. The summed E-state index contributed by atoms with van der Waals surface area (Å²) in [6.07, 6.45) is 0.